The molecule has 0 bridgehead atoms. The number of rotatable bonds is 11. The molecule has 0 amide bonds. The van der Waals surface area contributed by atoms with Gasteiger partial charge in [-0.3, -0.25) is 4.99 Å². The molecule has 0 aliphatic carbocycles. The molecule has 0 spiro atoms. The van der Waals surface area contributed by atoms with E-state index in [9.17, 15) is 0 Å². The average molecular weight is 509 g/mol. The fraction of sp³-hybridized carbons (Fsp3) is 0.219. The maximum Gasteiger partial charge on any atom is 0.187 e. The Morgan fingerprint density at radius 3 is 1.63 bits per heavy atom. The van der Waals surface area contributed by atoms with Gasteiger partial charge in [-0.25, -0.2) is 0 Å². The monoisotopic (exact) mass is 508 g/mol. The fourth-order valence-corrected chi connectivity index (χ4v) is 4.31. The van der Waals surface area contributed by atoms with E-state index in [1.54, 1.807) is 6.21 Å². The van der Waals surface area contributed by atoms with Gasteiger partial charge in [-0.05, 0) is 28.8 Å². The molecule has 0 radical (unpaired) electrons. The molecule has 0 aromatic heterocycles. The molecule has 38 heavy (non-hydrogen) atoms. The number of hydrogen-bond donors (Lipinski definition) is 1. The molecule has 2 N–H and O–H groups in total. The van der Waals surface area contributed by atoms with E-state index < -0.39 is 24.6 Å². The molecule has 4 aromatic rings. The molecular formula is C32H32N2O4. The maximum atomic E-state index is 6.45. The summed E-state index contributed by atoms with van der Waals surface area (Å²) >= 11 is 0. The Kier molecular flexibility index (Phi) is 8.92. The Bertz CT molecular complexity index is 1280. The largest absolute Gasteiger partial charge is 0.397 e. The van der Waals surface area contributed by atoms with Crippen LogP contribution in [0.15, 0.2) is 120 Å². The minimum absolute atomic E-state index is 0.387. The molecule has 194 valence electrons. The average Bonchev–Trinajstić information content (AvgIpc) is 3.31. The van der Waals surface area contributed by atoms with Crippen molar-refractivity contribution in [3.63, 3.8) is 0 Å². The van der Waals surface area contributed by atoms with Gasteiger partial charge in [0, 0.05) is 6.21 Å². The second kappa shape index (κ2) is 13.1. The summed E-state index contributed by atoms with van der Waals surface area (Å²) in [5.74, 6) is 0. The Balaban J connectivity index is 1.39. The van der Waals surface area contributed by atoms with Crippen molar-refractivity contribution in [1.29, 1.82) is 0 Å². The van der Waals surface area contributed by atoms with E-state index in [2.05, 4.69) is 4.99 Å². The van der Waals surface area contributed by atoms with Crippen LogP contribution in [0.25, 0.3) is 0 Å². The summed E-state index contributed by atoms with van der Waals surface area (Å²) in [5, 5.41) is 0. The molecule has 6 heteroatoms. The predicted octanol–water partition coefficient (Wildman–Crippen LogP) is 6.08. The van der Waals surface area contributed by atoms with Gasteiger partial charge in [-0.15, -0.1) is 0 Å². The van der Waals surface area contributed by atoms with Crippen molar-refractivity contribution in [2.75, 3.05) is 5.73 Å². The summed E-state index contributed by atoms with van der Waals surface area (Å²) in [5.41, 5.74) is 10.6. The summed E-state index contributed by atoms with van der Waals surface area (Å²) < 4.78 is 25.5. The van der Waals surface area contributed by atoms with Gasteiger partial charge in [-0.2, -0.15) is 0 Å². The Hall–Kier alpha value is -3.81. The van der Waals surface area contributed by atoms with Crippen LogP contribution in [0.2, 0.25) is 0 Å². The Labute approximate surface area is 223 Å². The number of nitrogens with zero attached hydrogens (tertiary/aromatic N) is 1. The molecule has 5 rings (SSSR count). The molecule has 0 saturated carbocycles. The second-order valence-corrected chi connectivity index (χ2v) is 9.13. The number of benzene rings is 4. The number of aliphatic imine (C=N–C) groups is 1. The Morgan fingerprint density at radius 1 is 0.605 bits per heavy atom. The van der Waals surface area contributed by atoms with Crippen LogP contribution in [0.3, 0.4) is 0 Å². The van der Waals surface area contributed by atoms with E-state index in [1.165, 1.54) is 0 Å². The first-order valence-electron chi connectivity index (χ1n) is 12.8. The molecule has 4 atom stereocenters. The van der Waals surface area contributed by atoms with Gasteiger partial charge in [0.25, 0.3) is 0 Å². The number of hydrogen-bond acceptors (Lipinski definition) is 6. The second-order valence-electron chi connectivity index (χ2n) is 9.13. The quantitative estimate of drug-likeness (QED) is 0.196. The van der Waals surface area contributed by atoms with Crippen LogP contribution in [0.4, 0.5) is 11.4 Å². The molecule has 1 aliphatic heterocycles. The summed E-state index contributed by atoms with van der Waals surface area (Å²) in [6.45, 7) is 1.20. The predicted molar refractivity (Wildman–Crippen MR) is 149 cm³/mol. The van der Waals surface area contributed by atoms with Gasteiger partial charge in [0.05, 0.1) is 31.2 Å². The molecule has 6 nitrogen and oxygen atoms in total. The lowest BCUT2D eigenvalue weighted by molar-refractivity contribution is -0.182. The molecule has 1 aliphatic rings. The van der Waals surface area contributed by atoms with E-state index in [0.29, 0.717) is 31.2 Å². The number of ether oxygens (including phenoxy) is 4. The van der Waals surface area contributed by atoms with Crippen LogP contribution in [-0.4, -0.2) is 30.8 Å². The molecule has 1 heterocycles. The molecule has 0 unspecified atom stereocenters. The SMILES string of the molecule is Nc1ccccc1N=C[C@H]1O[C@H](OCc2ccccc2)[C@H](OCc2ccccc2)[C@@H]1OCc1ccccc1. The lowest BCUT2D eigenvalue weighted by Crippen LogP contribution is -2.38. The number of nitrogens with two attached hydrogens (primary N) is 1. The van der Waals surface area contributed by atoms with Crippen molar-refractivity contribution in [3.8, 4) is 0 Å². The first-order valence-corrected chi connectivity index (χ1v) is 12.8. The van der Waals surface area contributed by atoms with Gasteiger partial charge < -0.3 is 24.7 Å². The van der Waals surface area contributed by atoms with E-state index in [-0.39, 0.29) is 0 Å². The standard InChI is InChI=1S/C32H32N2O4/c33-27-18-10-11-19-28(27)34-20-29-30(35-21-24-12-4-1-5-13-24)31(36-22-25-14-6-2-7-15-25)32(38-29)37-23-26-16-8-3-9-17-26/h1-20,29-32H,21-23,33H2/t29-,30-,31-,32+/m1/s1. The van der Waals surface area contributed by atoms with Crippen molar-refractivity contribution >= 4 is 17.6 Å². The van der Waals surface area contributed by atoms with E-state index in [0.717, 1.165) is 16.7 Å². The van der Waals surface area contributed by atoms with Crippen LogP contribution in [-0.2, 0) is 38.8 Å². The molecular weight excluding hydrogens is 476 g/mol. The van der Waals surface area contributed by atoms with E-state index in [4.69, 9.17) is 24.7 Å². The topological polar surface area (TPSA) is 75.3 Å². The summed E-state index contributed by atoms with van der Waals surface area (Å²) in [6.07, 6.45) is -0.337. The zero-order chi connectivity index (χ0) is 26.0. The van der Waals surface area contributed by atoms with Crippen LogP contribution in [0.1, 0.15) is 16.7 Å². The fourth-order valence-electron chi connectivity index (χ4n) is 4.31. The minimum atomic E-state index is -0.649. The highest BCUT2D eigenvalue weighted by molar-refractivity contribution is 5.74. The lowest BCUT2D eigenvalue weighted by Gasteiger charge is -2.24. The first kappa shape index (κ1) is 25.8. The smallest absolute Gasteiger partial charge is 0.187 e. The third-order valence-electron chi connectivity index (χ3n) is 6.33. The van der Waals surface area contributed by atoms with Gasteiger partial charge in [-0.1, -0.05) is 103 Å². The van der Waals surface area contributed by atoms with Crippen molar-refractivity contribution in [3.05, 3.63) is 132 Å². The minimum Gasteiger partial charge on any atom is -0.397 e. The molecule has 1 fully saturated rings. The Morgan fingerprint density at radius 2 is 1.08 bits per heavy atom. The van der Waals surface area contributed by atoms with Crippen molar-refractivity contribution < 1.29 is 18.9 Å². The van der Waals surface area contributed by atoms with Crippen molar-refractivity contribution in [2.24, 2.45) is 4.99 Å². The number of para-hydroxylation sites is 2. The number of nitrogen functional groups attached to an aromatic ring is 1. The third-order valence-corrected chi connectivity index (χ3v) is 6.33. The van der Waals surface area contributed by atoms with Gasteiger partial charge in [0.2, 0.25) is 0 Å². The van der Waals surface area contributed by atoms with E-state index in [1.807, 2.05) is 115 Å². The first-order chi connectivity index (χ1) is 18.8. The zero-order valence-corrected chi connectivity index (χ0v) is 21.1. The number of anilines is 1. The van der Waals surface area contributed by atoms with E-state index >= 15 is 0 Å². The van der Waals surface area contributed by atoms with Crippen molar-refractivity contribution in [2.45, 2.75) is 44.4 Å². The highest BCUT2D eigenvalue weighted by Crippen LogP contribution is 2.30. The summed E-state index contributed by atoms with van der Waals surface area (Å²) in [4.78, 5) is 4.63. The van der Waals surface area contributed by atoms with Gasteiger partial charge in [0.15, 0.2) is 6.29 Å². The molecule has 1 saturated heterocycles. The van der Waals surface area contributed by atoms with Gasteiger partial charge in [0.1, 0.15) is 18.3 Å². The van der Waals surface area contributed by atoms with Crippen LogP contribution < -0.4 is 5.73 Å². The molecule has 4 aromatic carbocycles. The summed E-state index contributed by atoms with van der Waals surface area (Å²) in [7, 11) is 0. The third kappa shape index (κ3) is 6.94. The van der Waals surface area contributed by atoms with Crippen LogP contribution >= 0.6 is 0 Å². The van der Waals surface area contributed by atoms with Crippen LogP contribution in [0.5, 0.6) is 0 Å². The zero-order valence-electron chi connectivity index (χ0n) is 21.1. The summed E-state index contributed by atoms with van der Waals surface area (Å²) in [6, 6.07) is 37.6. The highest BCUT2D eigenvalue weighted by Gasteiger charge is 2.46. The maximum absolute atomic E-state index is 6.45. The highest BCUT2D eigenvalue weighted by atomic mass is 16.7. The van der Waals surface area contributed by atoms with Crippen molar-refractivity contribution in [1.82, 2.24) is 0 Å². The van der Waals surface area contributed by atoms with Crippen LogP contribution in [0, 0.1) is 0 Å². The lowest BCUT2D eigenvalue weighted by atomic mass is 10.1. The van der Waals surface area contributed by atoms with Gasteiger partial charge >= 0.3 is 0 Å². The normalized spacial score (nSPS) is 21.2.